The van der Waals surface area contributed by atoms with Crippen LogP contribution in [0.2, 0.25) is 0 Å². The van der Waals surface area contributed by atoms with Crippen LogP contribution in [0.1, 0.15) is 21.9 Å². The second-order valence-electron chi connectivity index (χ2n) is 6.75. The third-order valence-electron chi connectivity index (χ3n) is 4.84. The maximum absolute atomic E-state index is 11.1. The SMILES string of the molecule is COc1cccc(CN(CCN2CCOCC2)Cc2nc(C(=O)O)co2)c1OC. The number of carboxylic acid groups (broad SMARTS) is 1. The Balaban J connectivity index is 1.75. The van der Waals surface area contributed by atoms with Gasteiger partial charge in [-0.1, -0.05) is 12.1 Å². The monoisotopic (exact) mass is 405 g/mol. The summed E-state index contributed by atoms with van der Waals surface area (Å²) in [7, 11) is 3.23. The predicted octanol–water partition coefficient (Wildman–Crippen LogP) is 1.72. The fourth-order valence-electron chi connectivity index (χ4n) is 3.31. The van der Waals surface area contributed by atoms with Crippen molar-refractivity contribution in [2.75, 3.05) is 53.6 Å². The number of nitrogens with zero attached hydrogens (tertiary/aromatic N) is 3. The molecule has 9 nitrogen and oxygen atoms in total. The van der Waals surface area contributed by atoms with Crippen molar-refractivity contribution in [1.29, 1.82) is 0 Å². The lowest BCUT2D eigenvalue weighted by Crippen LogP contribution is -2.41. The molecule has 0 amide bonds. The zero-order valence-electron chi connectivity index (χ0n) is 16.8. The zero-order chi connectivity index (χ0) is 20.6. The number of aromatic carboxylic acids is 1. The van der Waals surface area contributed by atoms with Crippen LogP contribution in [0.15, 0.2) is 28.9 Å². The third-order valence-corrected chi connectivity index (χ3v) is 4.84. The first-order valence-corrected chi connectivity index (χ1v) is 9.50. The van der Waals surface area contributed by atoms with Crippen molar-refractivity contribution in [3.05, 3.63) is 41.6 Å². The number of methoxy groups -OCH3 is 2. The number of oxazole rings is 1. The standard InChI is InChI=1S/C20H27N3O6/c1-26-17-5-3-4-15(19(17)27-2)12-23(7-6-22-8-10-28-11-9-22)13-18-21-16(14-29-18)20(24)25/h3-5,14H,6-13H2,1-2H3,(H,24,25). The van der Waals surface area contributed by atoms with Gasteiger partial charge in [-0.05, 0) is 6.07 Å². The van der Waals surface area contributed by atoms with E-state index < -0.39 is 5.97 Å². The highest BCUT2D eigenvalue weighted by atomic mass is 16.5. The molecule has 0 radical (unpaired) electrons. The van der Waals surface area contributed by atoms with Gasteiger partial charge < -0.3 is 23.7 Å². The van der Waals surface area contributed by atoms with Crippen molar-refractivity contribution in [3.8, 4) is 11.5 Å². The van der Waals surface area contributed by atoms with Gasteiger partial charge in [0.2, 0.25) is 5.89 Å². The van der Waals surface area contributed by atoms with E-state index in [9.17, 15) is 4.79 Å². The molecule has 9 heteroatoms. The molecule has 1 fully saturated rings. The largest absolute Gasteiger partial charge is 0.493 e. The molecule has 3 rings (SSSR count). The third kappa shape index (κ3) is 5.69. The average molecular weight is 405 g/mol. The van der Waals surface area contributed by atoms with E-state index in [2.05, 4.69) is 14.8 Å². The second kappa shape index (κ2) is 10.2. The Morgan fingerprint density at radius 1 is 1.24 bits per heavy atom. The molecule has 1 aromatic carbocycles. The maximum Gasteiger partial charge on any atom is 0.357 e. The normalized spacial score (nSPS) is 14.9. The number of aromatic nitrogens is 1. The van der Waals surface area contributed by atoms with Crippen molar-refractivity contribution in [3.63, 3.8) is 0 Å². The van der Waals surface area contributed by atoms with Gasteiger partial charge in [0.05, 0.1) is 34.0 Å². The highest BCUT2D eigenvalue weighted by molar-refractivity contribution is 5.84. The van der Waals surface area contributed by atoms with Crippen LogP contribution in [-0.2, 0) is 17.8 Å². The molecular formula is C20H27N3O6. The Bertz CT molecular complexity index is 803. The maximum atomic E-state index is 11.1. The van der Waals surface area contributed by atoms with Crippen molar-refractivity contribution in [2.24, 2.45) is 0 Å². The fourth-order valence-corrected chi connectivity index (χ4v) is 3.31. The number of benzene rings is 1. The summed E-state index contributed by atoms with van der Waals surface area (Å²) in [6.07, 6.45) is 1.17. The van der Waals surface area contributed by atoms with Crippen molar-refractivity contribution in [2.45, 2.75) is 13.1 Å². The lowest BCUT2D eigenvalue weighted by Gasteiger charge is -2.30. The smallest absolute Gasteiger partial charge is 0.357 e. The molecule has 1 aromatic heterocycles. The van der Waals surface area contributed by atoms with E-state index in [1.54, 1.807) is 14.2 Å². The lowest BCUT2D eigenvalue weighted by molar-refractivity contribution is 0.0320. The van der Waals surface area contributed by atoms with Crippen LogP contribution in [0.4, 0.5) is 0 Å². The van der Waals surface area contributed by atoms with E-state index in [-0.39, 0.29) is 5.69 Å². The summed E-state index contributed by atoms with van der Waals surface area (Å²) in [5.41, 5.74) is 0.880. The molecule has 0 bridgehead atoms. The molecule has 0 unspecified atom stereocenters. The Morgan fingerprint density at radius 2 is 2.03 bits per heavy atom. The molecule has 0 atom stereocenters. The van der Waals surface area contributed by atoms with Gasteiger partial charge in [-0.2, -0.15) is 0 Å². The first-order valence-electron chi connectivity index (χ1n) is 9.50. The van der Waals surface area contributed by atoms with E-state index in [4.69, 9.17) is 23.7 Å². The van der Waals surface area contributed by atoms with Crippen LogP contribution >= 0.6 is 0 Å². The molecule has 0 saturated carbocycles. The summed E-state index contributed by atoms with van der Waals surface area (Å²) in [4.78, 5) is 19.7. The van der Waals surface area contributed by atoms with Crippen LogP contribution in [0.25, 0.3) is 0 Å². The number of carbonyl (C=O) groups is 1. The van der Waals surface area contributed by atoms with E-state index in [1.165, 1.54) is 6.26 Å². The highest BCUT2D eigenvalue weighted by Gasteiger charge is 2.19. The van der Waals surface area contributed by atoms with Crippen LogP contribution in [0.3, 0.4) is 0 Å². The molecule has 0 spiro atoms. The molecule has 1 aliphatic rings. The summed E-state index contributed by atoms with van der Waals surface area (Å²) in [6, 6.07) is 5.76. The van der Waals surface area contributed by atoms with Crippen LogP contribution in [-0.4, -0.2) is 79.5 Å². The lowest BCUT2D eigenvalue weighted by atomic mass is 10.1. The Kier molecular flexibility index (Phi) is 7.45. The zero-order valence-corrected chi connectivity index (χ0v) is 16.8. The minimum atomic E-state index is -1.10. The molecule has 29 heavy (non-hydrogen) atoms. The first kappa shape index (κ1) is 21.1. The predicted molar refractivity (Wildman–Crippen MR) is 104 cm³/mol. The van der Waals surface area contributed by atoms with Gasteiger partial charge in [0, 0.05) is 38.3 Å². The van der Waals surface area contributed by atoms with Crippen LogP contribution in [0, 0.1) is 0 Å². The van der Waals surface area contributed by atoms with E-state index in [1.807, 2.05) is 18.2 Å². The van der Waals surface area contributed by atoms with E-state index >= 15 is 0 Å². The van der Waals surface area contributed by atoms with Crippen LogP contribution in [0.5, 0.6) is 11.5 Å². The molecule has 1 saturated heterocycles. The van der Waals surface area contributed by atoms with Gasteiger partial charge in [0.15, 0.2) is 17.2 Å². The number of hydrogen-bond acceptors (Lipinski definition) is 8. The van der Waals surface area contributed by atoms with Crippen molar-refractivity contribution >= 4 is 5.97 Å². The average Bonchev–Trinajstić information content (AvgIpc) is 3.21. The van der Waals surface area contributed by atoms with Gasteiger partial charge >= 0.3 is 5.97 Å². The molecule has 0 aliphatic carbocycles. The van der Waals surface area contributed by atoms with Gasteiger partial charge in [-0.15, -0.1) is 0 Å². The number of carboxylic acids is 1. The molecular weight excluding hydrogens is 378 g/mol. The molecule has 1 N–H and O–H groups in total. The topological polar surface area (TPSA) is 97.5 Å². The summed E-state index contributed by atoms with van der Waals surface area (Å²) in [6.45, 7) is 5.87. The number of para-hydroxylation sites is 1. The molecule has 1 aliphatic heterocycles. The molecule has 2 aromatic rings. The number of ether oxygens (including phenoxy) is 3. The quantitative estimate of drug-likeness (QED) is 0.634. The molecule has 2 heterocycles. The summed E-state index contributed by atoms with van der Waals surface area (Å²) in [5.74, 6) is 0.619. The number of rotatable bonds is 10. The van der Waals surface area contributed by atoms with Gasteiger partial charge in [0.25, 0.3) is 0 Å². The highest BCUT2D eigenvalue weighted by Crippen LogP contribution is 2.31. The minimum Gasteiger partial charge on any atom is -0.493 e. The Morgan fingerprint density at radius 3 is 2.69 bits per heavy atom. The van der Waals surface area contributed by atoms with Crippen molar-refractivity contribution < 1.29 is 28.5 Å². The fraction of sp³-hybridized carbons (Fsp3) is 0.500. The Hall–Kier alpha value is -2.62. The van der Waals surface area contributed by atoms with Gasteiger partial charge in [-0.25, -0.2) is 9.78 Å². The number of morpholine rings is 1. The summed E-state index contributed by atoms with van der Waals surface area (Å²) in [5, 5.41) is 9.08. The minimum absolute atomic E-state index is 0.0907. The van der Waals surface area contributed by atoms with Crippen LogP contribution < -0.4 is 9.47 Å². The summed E-state index contributed by atoms with van der Waals surface area (Å²) >= 11 is 0. The second-order valence-corrected chi connectivity index (χ2v) is 6.75. The summed E-state index contributed by atoms with van der Waals surface area (Å²) < 4.78 is 21.7. The van der Waals surface area contributed by atoms with E-state index in [0.29, 0.717) is 30.5 Å². The van der Waals surface area contributed by atoms with Crippen molar-refractivity contribution in [1.82, 2.24) is 14.8 Å². The number of hydrogen-bond donors (Lipinski definition) is 1. The molecule has 158 valence electrons. The Labute approximate surface area is 169 Å². The van der Waals surface area contributed by atoms with E-state index in [0.717, 1.165) is 45.0 Å². The first-order chi connectivity index (χ1) is 14.1. The van der Waals surface area contributed by atoms with Gasteiger partial charge in [-0.3, -0.25) is 9.80 Å². The van der Waals surface area contributed by atoms with Gasteiger partial charge in [0.1, 0.15) is 6.26 Å².